The number of hydrogen-bond acceptors (Lipinski definition) is 3. The van der Waals surface area contributed by atoms with Crippen LogP contribution in [-0.4, -0.2) is 10.8 Å². The summed E-state index contributed by atoms with van der Waals surface area (Å²) < 4.78 is 0. The molecular formula is C16H12N2O. The van der Waals surface area contributed by atoms with Crippen LogP contribution in [0, 0.1) is 0 Å². The molecule has 0 amide bonds. The van der Waals surface area contributed by atoms with Gasteiger partial charge >= 0.3 is 0 Å². The van der Waals surface area contributed by atoms with E-state index in [4.69, 9.17) is 5.73 Å². The van der Waals surface area contributed by atoms with Gasteiger partial charge in [0, 0.05) is 17.3 Å². The number of anilines is 1. The van der Waals surface area contributed by atoms with Crippen LogP contribution in [0.4, 0.5) is 5.82 Å². The number of pyridine rings is 1. The molecule has 3 heteroatoms. The van der Waals surface area contributed by atoms with E-state index in [0.717, 1.165) is 22.3 Å². The monoisotopic (exact) mass is 248 g/mol. The highest BCUT2D eigenvalue weighted by atomic mass is 16.1. The number of benzene rings is 1. The van der Waals surface area contributed by atoms with Crippen LogP contribution < -0.4 is 5.73 Å². The van der Waals surface area contributed by atoms with Crippen molar-refractivity contribution in [2.24, 2.45) is 0 Å². The molecule has 0 aliphatic heterocycles. The molecule has 1 aliphatic rings. The summed E-state index contributed by atoms with van der Waals surface area (Å²) in [6.07, 6.45) is 6.93. The molecule has 3 rings (SSSR count). The molecule has 92 valence electrons. The minimum Gasteiger partial charge on any atom is -0.384 e. The van der Waals surface area contributed by atoms with Gasteiger partial charge in [0.05, 0.1) is 0 Å². The van der Waals surface area contributed by atoms with Crippen molar-refractivity contribution in [2.75, 3.05) is 5.73 Å². The molecule has 1 aliphatic carbocycles. The first-order valence-electron chi connectivity index (χ1n) is 5.99. The predicted octanol–water partition coefficient (Wildman–Crippen LogP) is 2.85. The summed E-state index contributed by atoms with van der Waals surface area (Å²) in [4.78, 5) is 15.7. The largest absolute Gasteiger partial charge is 0.384 e. The fourth-order valence-electron chi connectivity index (χ4n) is 2.06. The Kier molecular flexibility index (Phi) is 2.72. The van der Waals surface area contributed by atoms with Crippen LogP contribution in [0.3, 0.4) is 0 Å². The molecule has 0 spiro atoms. The molecule has 2 aromatic rings. The van der Waals surface area contributed by atoms with Crippen LogP contribution in [0.1, 0.15) is 5.56 Å². The van der Waals surface area contributed by atoms with E-state index in [-0.39, 0.29) is 5.78 Å². The van der Waals surface area contributed by atoms with E-state index in [2.05, 4.69) is 4.98 Å². The van der Waals surface area contributed by atoms with Gasteiger partial charge in [-0.1, -0.05) is 36.4 Å². The van der Waals surface area contributed by atoms with E-state index in [1.807, 2.05) is 36.4 Å². The van der Waals surface area contributed by atoms with E-state index in [0.29, 0.717) is 5.82 Å². The third kappa shape index (κ3) is 2.18. The molecule has 1 aromatic carbocycles. The van der Waals surface area contributed by atoms with Crippen molar-refractivity contribution in [3.05, 3.63) is 66.4 Å². The van der Waals surface area contributed by atoms with Crippen LogP contribution in [-0.2, 0) is 4.79 Å². The molecule has 0 unspecified atom stereocenters. The third-order valence-corrected chi connectivity index (χ3v) is 3.09. The molecule has 0 radical (unpaired) electrons. The van der Waals surface area contributed by atoms with Crippen molar-refractivity contribution in [1.82, 2.24) is 4.98 Å². The van der Waals surface area contributed by atoms with Crippen molar-refractivity contribution >= 4 is 17.2 Å². The lowest BCUT2D eigenvalue weighted by Crippen LogP contribution is -1.94. The van der Waals surface area contributed by atoms with Gasteiger partial charge in [-0.05, 0) is 29.3 Å². The second-order valence-corrected chi connectivity index (χ2v) is 4.35. The Bertz CT molecular complexity index is 680. The van der Waals surface area contributed by atoms with Crippen molar-refractivity contribution in [1.29, 1.82) is 0 Å². The number of nitrogens with two attached hydrogens (primary N) is 1. The molecule has 0 atom stereocenters. The van der Waals surface area contributed by atoms with Gasteiger partial charge in [-0.25, -0.2) is 4.98 Å². The van der Waals surface area contributed by atoms with E-state index in [1.54, 1.807) is 24.4 Å². The van der Waals surface area contributed by atoms with Gasteiger partial charge in [-0.3, -0.25) is 4.79 Å². The number of nitrogen functional groups attached to an aromatic ring is 1. The highest BCUT2D eigenvalue weighted by molar-refractivity contribution is 6.28. The quantitative estimate of drug-likeness (QED) is 0.889. The normalized spacial score (nSPS) is 13.7. The number of carbonyl (C=O) groups excluding carboxylic acids is 1. The summed E-state index contributed by atoms with van der Waals surface area (Å²) in [5.41, 5.74) is 9.29. The average Bonchev–Trinajstić information content (AvgIpc) is 2.86. The number of aromatic nitrogens is 1. The Hall–Kier alpha value is -2.68. The molecule has 0 saturated heterocycles. The van der Waals surface area contributed by atoms with Gasteiger partial charge in [-0.15, -0.1) is 0 Å². The highest BCUT2D eigenvalue weighted by Gasteiger charge is 2.12. The van der Waals surface area contributed by atoms with Crippen LogP contribution in [0.2, 0.25) is 0 Å². The fourth-order valence-corrected chi connectivity index (χ4v) is 2.06. The lowest BCUT2D eigenvalue weighted by atomic mass is 10.0. The lowest BCUT2D eigenvalue weighted by molar-refractivity contribution is -0.109. The first kappa shape index (κ1) is 11.4. The van der Waals surface area contributed by atoms with E-state index in [1.165, 1.54) is 0 Å². The van der Waals surface area contributed by atoms with Gasteiger partial charge < -0.3 is 5.73 Å². The average molecular weight is 248 g/mol. The van der Waals surface area contributed by atoms with E-state index >= 15 is 0 Å². The lowest BCUT2D eigenvalue weighted by Gasteiger charge is -2.05. The first-order chi connectivity index (χ1) is 9.24. The molecule has 19 heavy (non-hydrogen) atoms. The Morgan fingerprint density at radius 1 is 0.895 bits per heavy atom. The first-order valence-corrected chi connectivity index (χ1v) is 5.99. The maximum absolute atomic E-state index is 11.6. The van der Waals surface area contributed by atoms with Gasteiger partial charge in [0.2, 0.25) is 0 Å². The molecule has 0 fully saturated rings. The standard InChI is InChI=1S/C16H12N2O/c17-16-9-8-13(10-18-16)11-4-6-12(7-5-11)14-2-1-3-15(14)19/h1-10H,(H2,17,18). The molecule has 1 heterocycles. The summed E-state index contributed by atoms with van der Waals surface area (Å²) in [7, 11) is 0. The van der Waals surface area contributed by atoms with Crippen LogP contribution in [0.25, 0.3) is 16.7 Å². The second-order valence-electron chi connectivity index (χ2n) is 4.35. The smallest absolute Gasteiger partial charge is 0.186 e. The molecule has 1 aromatic heterocycles. The topological polar surface area (TPSA) is 56.0 Å². The van der Waals surface area contributed by atoms with Crippen molar-refractivity contribution in [2.45, 2.75) is 0 Å². The van der Waals surface area contributed by atoms with Gasteiger partial charge in [0.25, 0.3) is 0 Å². The number of hydrogen-bond donors (Lipinski definition) is 1. The van der Waals surface area contributed by atoms with Crippen LogP contribution in [0.5, 0.6) is 0 Å². The maximum Gasteiger partial charge on any atom is 0.186 e. The second kappa shape index (κ2) is 4.53. The van der Waals surface area contributed by atoms with Crippen molar-refractivity contribution in [3.63, 3.8) is 0 Å². The zero-order valence-corrected chi connectivity index (χ0v) is 10.2. The SMILES string of the molecule is Nc1ccc(-c2ccc(C3=CC=CC3=O)cc2)cn1. The van der Waals surface area contributed by atoms with E-state index < -0.39 is 0 Å². The minimum atomic E-state index is 0.0573. The molecule has 0 bridgehead atoms. The molecule has 0 saturated carbocycles. The Morgan fingerprint density at radius 3 is 2.16 bits per heavy atom. The third-order valence-electron chi connectivity index (χ3n) is 3.09. The highest BCUT2D eigenvalue weighted by Crippen LogP contribution is 2.24. The summed E-state index contributed by atoms with van der Waals surface area (Å²) in [6, 6.07) is 11.6. The summed E-state index contributed by atoms with van der Waals surface area (Å²) in [6.45, 7) is 0. The maximum atomic E-state index is 11.6. The van der Waals surface area contributed by atoms with Gasteiger partial charge in [0.1, 0.15) is 5.82 Å². The van der Waals surface area contributed by atoms with Crippen LogP contribution >= 0.6 is 0 Å². The van der Waals surface area contributed by atoms with Gasteiger partial charge in [0.15, 0.2) is 5.78 Å². The molecule has 3 nitrogen and oxygen atoms in total. The fraction of sp³-hybridized carbons (Fsp3) is 0. The number of allylic oxidation sites excluding steroid dienone is 4. The number of ketones is 1. The number of rotatable bonds is 2. The predicted molar refractivity (Wildman–Crippen MR) is 76.2 cm³/mol. The Morgan fingerprint density at radius 2 is 1.58 bits per heavy atom. The summed E-state index contributed by atoms with van der Waals surface area (Å²) >= 11 is 0. The van der Waals surface area contributed by atoms with E-state index in [9.17, 15) is 4.79 Å². The zero-order valence-electron chi connectivity index (χ0n) is 10.2. The minimum absolute atomic E-state index is 0.0573. The Labute approximate surface area is 111 Å². The summed E-state index contributed by atoms with van der Waals surface area (Å²) in [5, 5.41) is 0. The summed E-state index contributed by atoms with van der Waals surface area (Å²) in [5.74, 6) is 0.565. The van der Waals surface area contributed by atoms with Gasteiger partial charge in [-0.2, -0.15) is 0 Å². The van der Waals surface area contributed by atoms with Crippen LogP contribution in [0.15, 0.2) is 60.8 Å². The number of nitrogens with zero attached hydrogens (tertiary/aromatic N) is 1. The number of carbonyl (C=O) groups is 1. The Balaban J connectivity index is 1.91. The van der Waals surface area contributed by atoms with Crippen molar-refractivity contribution in [3.8, 4) is 11.1 Å². The molecule has 2 N–H and O–H groups in total. The zero-order chi connectivity index (χ0) is 13.2. The van der Waals surface area contributed by atoms with Crippen molar-refractivity contribution < 1.29 is 4.79 Å². The molecular weight excluding hydrogens is 236 g/mol.